The van der Waals surface area contributed by atoms with Crippen molar-refractivity contribution in [2.45, 2.75) is 43.6 Å². The minimum atomic E-state index is -3.14. The summed E-state index contributed by atoms with van der Waals surface area (Å²) in [6.45, 7) is 0.882. The zero-order valence-electron chi connectivity index (χ0n) is 15.2. The molecular weight excluding hydrogens is 384 g/mol. The molecule has 0 spiro atoms. The van der Waals surface area contributed by atoms with E-state index in [0.717, 1.165) is 18.7 Å². The zero-order chi connectivity index (χ0) is 18.0. The lowest BCUT2D eigenvalue weighted by atomic mass is 9.93. The van der Waals surface area contributed by atoms with E-state index in [1.807, 2.05) is 54.6 Å². The van der Waals surface area contributed by atoms with Crippen LogP contribution in [0.3, 0.4) is 0 Å². The molecule has 2 aromatic carbocycles. The molecular formula is C20H27ClN2O3S. The maximum absolute atomic E-state index is 11.1. The van der Waals surface area contributed by atoms with Crippen LogP contribution in [0, 0.1) is 0 Å². The van der Waals surface area contributed by atoms with Crippen molar-refractivity contribution in [1.82, 2.24) is 5.32 Å². The van der Waals surface area contributed by atoms with Crippen LogP contribution >= 0.6 is 23.2 Å². The van der Waals surface area contributed by atoms with Crippen LogP contribution in [0.1, 0.15) is 32.1 Å². The standard InChI is InChI=1S/C20H26N2O3S.ClH/c23-26(24)20(14-7-15-21-16-8-6-9-16)25-19-13-5-4-12-18(19)22(26)17-10-2-1-3-11-17;/h1-5,10-13,16,20-21,23-24H,6-9,14-15H2;1H. The topological polar surface area (TPSA) is 65.0 Å². The van der Waals surface area contributed by atoms with E-state index in [2.05, 4.69) is 5.32 Å². The smallest absolute Gasteiger partial charge is 0.206 e. The van der Waals surface area contributed by atoms with Crippen LogP contribution in [-0.2, 0) is 0 Å². The van der Waals surface area contributed by atoms with Gasteiger partial charge in [0.05, 0.1) is 5.69 Å². The minimum absolute atomic E-state index is 0. The van der Waals surface area contributed by atoms with Crippen molar-refractivity contribution in [3.63, 3.8) is 0 Å². The summed E-state index contributed by atoms with van der Waals surface area (Å²) in [6, 6.07) is 17.7. The van der Waals surface area contributed by atoms with Gasteiger partial charge in [0.25, 0.3) is 0 Å². The van der Waals surface area contributed by atoms with E-state index in [1.54, 1.807) is 4.31 Å². The molecule has 3 N–H and O–H groups in total. The summed E-state index contributed by atoms with van der Waals surface area (Å²) in [7, 11) is -3.14. The highest BCUT2D eigenvalue weighted by atomic mass is 35.5. The second kappa shape index (κ2) is 8.71. The lowest BCUT2D eigenvalue weighted by Crippen LogP contribution is -2.40. The minimum Gasteiger partial charge on any atom is -0.467 e. The van der Waals surface area contributed by atoms with E-state index < -0.39 is 16.2 Å². The van der Waals surface area contributed by atoms with Gasteiger partial charge in [-0.25, -0.2) is 4.31 Å². The molecule has 148 valence electrons. The molecule has 7 heteroatoms. The first-order chi connectivity index (χ1) is 12.7. The Balaban J connectivity index is 0.00000210. The summed E-state index contributed by atoms with van der Waals surface area (Å²) in [5.41, 5.74) is 0.823. The number of hydrogen-bond donors (Lipinski definition) is 3. The highest BCUT2D eigenvalue weighted by molar-refractivity contribution is 8.26. The summed E-state index contributed by atoms with van der Waals surface area (Å²) >= 11 is 0. The van der Waals surface area contributed by atoms with Crippen molar-refractivity contribution in [2.24, 2.45) is 0 Å². The van der Waals surface area contributed by atoms with Crippen molar-refractivity contribution in [3.8, 4) is 5.75 Å². The molecule has 27 heavy (non-hydrogen) atoms. The molecule has 0 saturated heterocycles. The third-order valence-electron chi connectivity index (χ3n) is 5.11. The van der Waals surface area contributed by atoms with Crippen LogP contribution in [0.15, 0.2) is 54.6 Å². The highest BCUT2D eigenvalue weighted by Crippen LogP contribution is 2.61. The van der Waals surface area contributed by atoms with E-state index in [-0.39, 0.29) is 12.4 Å². The van der Waals surface area contributed by atoms with E-state index >= 15 is 0 Å². The van der Waals surface area contributed by atoms with E-state index in [1.165, 1.54) is 19.3 Å². The molecule has 1 atom stereocenters. The molecule has 5 nitrogen and oxygen atoms in total. The van der Waals surface area contributed by atoms with Crippen LogP contribution in [0.2, 0.25) is 0 Å². The summed E-state index contributed by atoms with van der Waals surface area (Å²) in [5, 5.41) is 3.52. The fourth-order valence-corrected chi connectivity index (χ4v) is 5.28. The molecule has 2 aromatic rings. The van der Waals surface area contributed by atoms with Gasteiger partial charge in [-0.05, 0) is 50.1 Å². The van der Waals surface area contributed by atoms with E-state index in [4.69, 9.17) is 4.74 Å². The fourth-order valence-electron chi connectivity index (χ4n) is 3.46. The quantitative estimate of drug-likeness (QED) is 0.544. The lowest BCUT2D eigenvalue weighted by Gasteiger charge is -2.51. The van der Waals surface area contributed by atoms with Gasteiger partial charge in [-0.1, -0.05) is 47.5 Å². The van der Waals surface area contributed by atoms with E-state index in [0.29, 0.717) is 23.9 Å². The molecule has 1 heterocycles. The largest absolute Gasteiger partial charge is 0.467 e. The van der Waals surface area contributed by atoms with Crippen LogP contribution < -0.4 is 14.4 Å². The number of rotatable bonds is 6. The molecule has 2 aliphatic rings. The number of halogens is 1. The molecule has 0 bridgehead atoms. The van der Waals surface area contributed by atoms with Crippen LogP contribution in [-0.4, -0.2) is 27.1 Å². The molecule has 4 rings (SSSR count). The van der Waals surface area contributed by atoms with Crippen LogP contribution in [0.4, 0.5) is 11.4 Å². The van der Waals surface area contributed by atoms with Crippen LogP contribution in [0.5, 0.6) is 5.75 Å². The Hall–Kier alpha value is -1.44. The molecule has 0 amide bonds. The first-order valence-corrected chi connectivity index (χ1v) is 10.8. The number of para-hydroxylation sites is 3. The Bertz CT molecular complexity index is 743. The number of fused-ring (bicyclic) bond motifs is 1. The fraction of sp³-hybridized carbons (Fsp3) is 0.400. The van der Waals surface area contributed by atoms with Gasteiger partial charge in [-0.15, -0.1) is 12.4 Å². The second-order valence-corrected chi connectivity index (χ2v) is 8.94. The number of hydrogen-bond acceptors (Lipinski definition) is 5. The van der Waals surface area contributed by atoms with Crippen LogP contribution in [0.25, 0.3) is 0 Å². The van der Waals surface area contributed by atoms with Gasteiger partial charge in [0.15, 0.2) is 0 Å². The average Bonchev–Trinajstić information content (AvgIpc) is 2.60. The molecule has 1 fully saturated rings. The first kappa shape index (κ1) is 20.3. The van der Waals surface area contributed by atoms with Gasteiger partial charge >= 0.3 is 0 Å². The Morgan fingerprint density at radius 2 is 1.74 bits per heavy atom. The van der Waals surface area contributed by atoms with Crippen molar-refractivity contribution in [1.29, 1.82) is 0 Å². The molecule has 0 aromatic heterocycles. The SMILES string of the molecule is Cl.OS1(O)C(CCCNC2CCC2)Oc2ccccc2N1c1ccccc1. The van der Waals surface area contributed by atoms with Gasteiger partial charge in [0, 0.05) is 12.5 Å². The monoisotopic (exact) mass is 410 g/mol. The molecule has 0 radical (unpaired) electrons. The number of nitrogens with zero attached hydrogens (tertiary/aromatic N) is 1. The van der Waals surface area contributed by atoms with E-state index in [9.17, 15) is 9.11 Å². The zero-order valence-corrected chi connectivity index (χ0v) is 16.8. The molecule has 1 saturated carbocycles. The third-order valence-corrected chi connectivity index (χ3v) is 7.09. The van der Waals surface area contributed by atoms with Gasteiger partial charge in [0.1, 0.15) is 11.4 Å². The van der Waals surface area contributed by atoms with Gasteiger partial charge < -0.3 is 10.1 Å². The Labute approximate surface area is 168 Å². The normalized spacial score (nSPS) is 22.0. The number of anilines is 2. The highest BCUT2D eigenvalue weighted by Gasteiger charge is 2.40. The maximum Gasteiger partial charge on any atom is 0.206 e. The Morgan fingerprint density at radius 3 is 2.44 bits per heavy atom. The third kappa shape index (κ3) is 4.20. The van der Waals surface area contributed by atoms with Crippen molar-refractivity contribution in [2.75, 3.05) is 10.8 Å². The summed E-state index contributed by atoms with van der Waals surface area (Å²) in [5.74, 6) is 0.694. The molecule has 1 unspecified atom stereocenters. The lowest BCUT2D eigenvalue weighted by molar-refractivity contribution is 0.232. The van der Waals surface area contributed by atoms with Gasteiger partial charge in [-0.2, -0.15) is 0 Å². The predicted octanol–water partition coefficient (Wildman–Crippen LogP) is 5.55. The first-order valence-electron chi connectivity index (χ1n) is 9.28. The number of benzene rings is 2. The second-order valence-electron chi connectivity index (χ2n) is 6.93. The molecule has 1 aliphatic heterocycles. The number of ether oxygens (including phenoxy) is 1. The van der Waals surface area contributed by atoms with Crippen molar-refractivity contribution < 1.29 is 13.8 Å². The van der Waals surface area contributed by atoms with Crippen molar-refractivity contribution in [3.05, 3.63) is 54.6 Å². The maximum atomic E-state index is 11.1. The van der Waals surface area contributed by atoms with Gasteiger partial charge in [0.2, 0.25) is 5.44 Å². The Kier molecular flexibility index (Phi) is 6.55. The van der Waals surface area contributed by atoms with Crippen molar-refractivity contribution >= 4 is 34.6 Å². The van der Waals surface area contributed by atoms with Gasteiger partial charge in [-0.3, -0.25) is 9.11 Å². The Morgan fingerprint density at radius 1 is 1.04 bits per heavy atom. The number of nitrogens with one attached hydrogen (secondary N) is 1. The molecule has 1 aliphatic carbocycles. The summed E-state index contributed by atoms with van der Waals surface area (Å²) in [6.07, 6.45) is 5.27. The average molecular weight is 411 g/mol. The summed E-state index contributed by atoms with van der Waals surface area (Å²) in [4.78, 5) is 0. The predicted molar refractivity (Wildman–Crippen MR) is 114 cm³/mol. The summed E-state index contributed by atoms with van der Waals surface area (Å²) < 4.78 is 29.8.